The number of hydrogen-bond acceptors (Lipinski definition) is 4. The summed E-state index contributed by atoms with van der Waals surface area (Å²) in [6, 6.07) is 16.6. The van der Waals surface area contributed by atoms with Crippen LogP contribution in [-0.2, 0) is 9.63 Å². The molecule has 0 fully saturated rings. The van der Waals surface area contributed by atoms with Crippen molar-refractivity contribution < 1.29 is 14.4 Å². The van der Waals surface area contributed by atoms with E-state index in [1.807, 2.05) is 42.5 Å². The van der Waals surface area contributed by atoms with Gasteiger partial charge in [0.05, 0.1) is 5.56 Å². The van der Waals surface area contributed by atoms with Crippen molar-refractivity contribution in [1.82, 2.24) is 4.90 Å². The summed E-state index contributed by atoms with van der Waals surface area (Å²) >= 11 is 0. The maximum absolute atomic E-state index is 12.3. The molecule has 0 bridgehead atoms. The fourth-order valence-electron chi connectivity index (χ4n) is 1.87. The van der Waals surface area contributed by atoms with E-state index >= 15 is 0 Å². The van der Waals surface area contributed by atoms with Crippen LogP contribution in [0.2, 0.25) is 0 Å². The lowest BCUT2D eigenvalue weighted by Crippen LogP contribution is -2.31. The third-order valence-corrected chi connectivity index (χ3v) is 2.90. The molecular weight excluding hydrogens is 280 g/mol. The molecule has 0 aromatic heterocycles. The van der Waals surface area contributed by atoms with Gasteiger partial charge in [-0.15, -0.1) is 0 Å². The number of oxime groups is 1. The average molecular weight is 298 g/mol. The van der Waals surface area contributed by atoms with Crippen LogP contribution in [0.5, 0.6) is 11.5 Å². The Morgan fingerprint density at radius 3 is 2.27 bits per heavy atom. The van der Waals surface area contributed by atoms with E-state index in [4.69, 9.17) is 9.57 Å². The second kappa shape index (κ2) is 7.26. The molecule has 5 heteroatoms. The zero-order valence-electron chi connectivity index (χ0n) is 12.8. The number of carbonyl (C=O) groups is 1. The van der Waals surface area contributed by atoms with Crippen molar-refractivity contribution >= 4 is 11.6 Å². The molecule has 22 heavy (non-hydrogen) atoms. The maximum atomic E-state index is 12.3. The highest BCUT2D eigenvalue weighted by Gasteiger charge is 2.21. The van der Waals surface area contributed by atoms with E-state index in [2.05, 4.69) is 5.16 Å². The summed E-state index contributed by atoms with van der Waals surface area (Å²) in [5.74, 6) is 0.967. The predicted molar refractivity (Wildman–Crippen MR) is 85.2 cm³/mol. The topological polar surface area (TPSA) is 51.1 Å². The molecule has 0 aliphatic heterocycles. The van der Waals surface area contributed by atoms with E-state index < -0.39 is 0 Å². The van der Waals surface area contributed by atoms with Gasteiger partial charge in [0.25, 0.3) is 5.91 Å². The number of hydrogen-bond donors (Lipinski definition) is 0. The summed E-state index contributed by atoms with van der Waals surface area (Å²) in [5, 5.41) is 3.86. The van der Waals surface area contributed by atoms with Crippen LogP contribution in [-0.4, -0.2) is 37.7 Å². The first-order chi connectivity index (χ1) is 10.6. The van der Waals surface area contributed by atoms with Crippen LogP contribution >= 0.6 is 0 Å². The normalized spacial score (nSPS) is 11.0. The van der Waals surface area contributed by atoms with Crippen LogP contribution in [0.4, 0.5) is 0 Å². The van der Waals surface area contributed by atoms with Crippen LogP contribution in [0.1, 0.15) is 5.56 Å². The molecule has 0 saturated heterocycles. The second-order valence-corrected chi connectivity index (χ2v) is 4.73. The van der Waals surface area contributed by atoms with Gasteiger partial charge in [0.2, 0.25) is 0 Å². The number of nitrogens with zero attached hydrogens (tertiary/aromatic N) is 2. The van der Waals surface area contributed by atoms with E-state index in [0.717, 1.165) is 0 Å². The molecule has 0 unspecified atom stereocenters. The van der Waals surface area contributed by atoms with Crippen LogP contribution in [0, 0.1) is 0 Å². The van der Waals surface area contributed by atoms with Crippen LogP contribution in [0.25, 0.3) is 0 Å². The summed E-state index contributed by atoms with van der Waals surface area (Å²) in [7, 11) is 4.73. The Morgan fingerprint density at radius 1 is 1.00 bits per heavy atom. The van der Waals surface area contributed by atoms with E-state index in [-0.39, 0.29) is 11.6 Å². The van der Waals surface area contributed by atoms with E-state index in [1.165, 1.54) is 12.0 Å². The lowest BCUT2D eigenvalue weighted by atomic mass is 10.1. The molecule has 2 rings (SSSR count). The van der Waals surface area contributed by atoms with Gasteiger partial charge in [0.15, 0.2) is 5.71 Å². The molecule has 0 spiro atoms. The maximum Gasteiger partial charge on any atom is 0.276 e. The summed E-state index contributed by atoms with van der Waals surface area (Å²) in [5.41, 5.74) is 0.769. The fourth-order valence-corrected chi connectivity index (χ4v) is 1.87. The van der Waals surface area contributed by atoms with E-state index in [9.17, 15) is 4.79 Å². The van der Waals surface area contributed by atoms with Gasteiger partial charge < -0.3 is 14.5 Å². The molecule has 0 aliphatic rings. The molecule has 0 heterocycles. The Kier molecular flexibility index (Phi) is 5.14. The minimum absolute atomic E-state index is 0.194. The zero-order valence-corrected chi connectivity index (χ0v) is 12.8. The van der Waals surface area contributed by atoms with Crippen LogP contribution in [0.15, 0.2) is 59.8 Å². The highest BCUT2D eigenvalue weighted by molar-refractivity contribution is 6.45. The first-order valence-corrected chi connectivity index (χ1v) is 6.78. The number of amides is 1. The first-order valence-electron chi connectivity index (χ1n) is 6.78. The number of para-hydroxylation sites is 2. The molecule has 114 valence electrons. The number of carbonyl (C=O) groups excluding carboxylic acids is 1. The smallest absolute Gasteiger partial charge is 0.276 e. The van der Waals surface area contributed by atoms with Gasteiger partial charge >= 0.3 is 0 Å². The molecule has 2 aromatic carbocycles. The van der Waals surface area contributed by atoms with E-state index in [1.54, 1.807) is 26.2 Å². The van der Waals surface area contributed by atoms with Crippen molar-refractivity contribution in [1.29, 1.82) is 0 Å². The minimum Gasteiger partial charge on any atom is -0.457 e. The first kappa shape index (κ1) is 15.6. The lowest BCUT2D eigenvalue weighted by molar-refractivity contribution is -0.121. The minimum atomic E-state index is -0.258. The molecule has 0 N–H and O–H groups in total. The Morgan fingerprint density at radius 2 is 1.64 bits per heavy atom. The van der Waals surface area contributed by atoms with Crippen molar-refractivity contribution in [3.63, 3.8) is 0 Å². The van der Waals surface area contributed by atoms with Gasteiger partial charge in [-0.25, -0.2) is 0 Å². The van der Waals surface area contributed by atoms with Crippen molar-refractivity contribution in [2.45, 2.75) is 0 Å². The van der Waals surface area contributed by atoms with Crippen molar-refractivity contribution in [3.05, 3.63) is 60.2 Å². The number of ether oxygens (including phenoxy) is 1. The van der Waals surface area contributed by atoms with Crippen LogP contribution in [0.3, 0.4) is 0 Å². The largest absolute Gasteiger partial charge is 0.457 e. The standard InChI is InChI=1S/C17H18N2O3/c1-19(2)17(20)16(18-21-3)14-11-7-8-12-15(14)22-13-9-5-4-6-10-13/h4-12H,1-3H3. The Labute approximate surface area is 129 Å². The second-order valence-electron chi connectivity index (χ2n) is 4.73. The molecule has 0 aliphatic carbocycles. The van der Waals surface area contributed by atoms with E-state index in [0.29, 0.717) is 17.1 Å². The van der Waals surface area contributed by atoms with Crippen molar-refractivity contribution in [2.24, 2.45) is 5.16 Å². The number of likely N-dealkylation sites (N-methyl/N-ethyl adjacent to an activating group) is 1. The van der Waals surface area contributed by atoms with Gasteiger partial charge in [0, 0.05) is 14.1 Å². The molecule has 5 nitrogen and oxygen atoms in total. The quantitative estimate of drug-likeness (QED) is 0.630. The Hall–Kier alpha value is -2.82. The molecule has 2 aromatic rings. The van der Waals surface area contributed by atoms with Crippen molar-refractivity contribution in [2.75, 3.05) is 21.2 Å². The highest BCUT2D eigenvalue weighted by Crippen LogP contribution is 2.26. The lowest BCUT2D eigenvalue weighted by Gasteiger charge is -2.15. The molecular formula is C17H18N2O3. The van der Waals surface area contributed by atoms with Gasteiger partial charge in [-0.05, 0) is 24.3 Å². The van der Waals surface area contributed by atoms with Crippen molar-refractivity contribution in [3.8, 4) is 11.5 Å². The van der Waals surface area contributed by atoms with Gasteiger partial charge in [-0.1, -0.05) is 35.5 Å². The summed E-state index contributed by atoms with van der Waals surface area (Å²) in [6.07, 6.45) is 0. The summed E-state index contributed by atoms with van der Waals surface area (Å²) in [6.45, 7) is 0. The average Bonchev–Trinajstić information content (AvgIpc) is 2.54. The highest BCUT2D eigenvalue weighted by atomic mass is 16.6. The van der Waals surface area contributed by atoms with Gasteiger partial charge in [0.1, 0.15) is 18.6 Å². The third-order valence-electron chi connectivity index (χ3n) is 2.90. The SMILES string of the molecule is CON=C(C(=O)N(C)C)c1ccccc1Oc1ccccc1. The fraction of sp³-hybridized carbons (Fsp3) is 0.176. The zero-order chi connectivity index (χ0) is 15.9. The predicted octanol–water partition coefficient (Wildman–Crippen LogP) is 2.92. The Balaban J connectivity index is 2.42. The third kappa shape index (κ3) is 3.63. The summed E-state index contributed by atoms with van der Waals surface area (Å²) < 4.78 is 5.86. The molecule has 1 amide bonds. The summed E-state index contributed by atoms with van der Waals surface area (Å²) in [4.78, 5) is 18.6. The number of benzene rings is 2. The van der Waals surface area contributed by atoms with Gasteiger partial charge in [-0.2, -0.15) is 0 Å². The number of rotatable bonds is 5. The Bertz CT molecular complexity index is 667. The molecule has 0 atom stereocenters. The van der Waals surface area contributed by atoms with Gasteiger partial charge in [-0.3, -0.25) is 4.79 Å². The molecule has 0 radical (unpaired) electrons. The molecule has 0 saturated carbocycles. The monoisotopic (exact) mass is 298 g/mol. The van der Waals surface area contributed by atoms with Crippen LogP contribution < -0.4 is 4.74 Å².